The molecule has 0 aliphatic carbocycles. The van der Waals surface area contributed by atoms with Gasteiger partial charge in [0.2, 0.25) is 0 Å². The molecule has 1 atom stereocenters. The van der Waals surface area contributed by atoms with Gasteiger partial charge in [0.1, 0.15) is 0 Å². The molecule has 0 aromatic heterocycles. The first-order valence-corrected chi connectivity index (χ1v) is 7.37. The molecule has 1 aromatic rings. The van der Waals surface area contributed by atoms with Gasteiger partial charge in [0.05, 0.1) is 32.5 Å². The lowest BCUT2D eigenvalue weighted by atomic mass is 9.90. The van der Waals surface area contributed by atoms with Gasteiger partial charge in [-0.1, -0.05) is 35.5 Å². The smallest absolute Gasteiger partial charge is 0.306 e. The number of benzene rings is 1. The molecule has 1 heterocycles. The van der Waals surface area contributed by atoms with Gasteiger partial charge in [-0.3, -0.25) is 9.69 Å². The molecule has 1 saturated heterocycles. The van der Waals surface area contributed by atoms with Gasteiger partial charge < -0.3 is 14.7 Å². The number of morpholine rings is 1. The van der Waals surface area contributed by atoms with Crippen LogP contribution in [-0.2, 0) is 14.3 Å². The molecule has 1 fully saturated rings. The minimum absolute atomic E-state index is 0.157. The van der Waals surface area contributed by atoms with E-state index in [9.17, 15) is 10.0 Å². The normalized spacial score (nSPS) is 18.0. The van der Waals surface area contributed by atoms with Crippen molar-refractivity contribution in [2.24, 2.45) is 5.16 Å². The highest BCUT2D eigenvalue weighted by molar-refractivity contribution is 5.95. The van der Waals surface area contributed by atoms with E-state index in [0.29, 0.717) is 25.5 Å². The number of nitrogens with zero attached hydrogens (tertiary/aromatic N) is 2. The second-order valence-corrected chi connectivity index (χ2v) is 5.22. The fourth-order valence-corrected chi connectivity index (χ4v) is 2.56. The molecule has 1 N–H and O–H groups in total. The van der Waals surface area contributed by atoms with E-state index in [2.05, 4.69) is 10.1 Å². The van der Waals surface area contributed by atoms with Crippen molar-refractivity contribution in [2.45, 2.75) is 12.3 Å². The summed E-state index contributed by atoms with van der Waals surface area (Å²) in [7, 11) is 1.36. The number of rotatable bonds is 6. The predicted molar refractivity (Wildman–Crippen MR) is 82.3 cm³/mol. The van der Waals surface area contributed by atoms with E-state index in [-0.39, 0.29) is 18.3 Å². The number of carbonyl (C=O) groups excluding carboxylic acids is 1. The van der Waals surface area contributed by atoms with Gasteiger partial charge in [-0.2, -0.15) is 0 Å². The predicted octanol–water partition coefficient (Wildman–Crippen LogP) is 1.50. The summed E-state index contributed by atoms with van der Waals surface area (Å²) >= 11 is 0. The Morgan fingerprint density at radius 2 is 2.05 bits per heavy atom. The van der Waals surface area contributed by atoms with Crippen LogP contribution in [0.5, 0.6) is 0 Å². The monoisotopic (exact) mass is 306 g/mol. The molecule has 1 unspecified atom stereocenters. The number of ether oxygens (including phenoxy) is 2. The van der Waals surface area contributed by atoms with Crippen LogP contribution in [0.2, 0.25) is 0 Å². The first-order chi connectivity index (χ1) is 10.7. The standard InChI is InChI=1S/C16H22N2O4/c1-21-16(19)11-14(13-5-3-2-4-6-13)15(17-20)12-18-7-9-22-10-8-18/h2-6,14,20H,7-12H2,1H3/b17-15+. The Morgan fingerprint density at radius 3 is 2.64 bits per heavy atom. The van der Waals surface area contributed by atoms with E-state index in [4.69, 9.17) is 9.47 Å². The molecule has 0 bridgehead atoms. The third-order valence-corrected chi connectivity index (χ3v) is 3.82. The number of carbonyl (C=O) groups is 1. The fraction of sp³-hybridized carbons (Fsp3) is 0.500. The number of methoxy groups -OCH3 is 1. The molecule has 0 saturated carbocycles. The quantitative estimate of drug-likeness (QED) is 0.373. The van der Waals surface area contributed by atoms with E-state index in [1.807, 2.05) is 30.3 Å². The van der Waals surface area contributed by atoms with Crippen molar-refractivity contribution >= 4 is 11.7 Å². The van der Waals surface area contributed by atoms with E-state index >= 15 is 0 Å². The largest absolute Gasteiger partial charge is 0.469 e. The van der Waals surface area contributed by atoms with Gasteiger partial charge in [-0.15, -0.1) is 0 Å². The summed E-state index contributed by atoms with van der Waals surface area (Å²) in [5.74, 6) is -0.613. The van der Waals surface area contributed by atoms with Crippen molar-refractivity contribution in [3.8, 4) is 0 Å². The summed E-state index contributed by atoms with van der Waals surface area (Å²) in [6, 6.07) is 9.58. The van der Waals surface area contributed by atoms with Crippen LogP contribution in [0.4, 0.5) is 0 Å². The zero-order valence-corrected chi connectivity index (χ0v) is 12.8. The third kappa shape index (κ3) is 4.54. The maximum absolute atomic E-state index is 11.7. The number of hydrogen-bond donors (Lipinski definition) is 1. The summed E-state index contributed by atoms with van der Waals surface area (Å²) in [4.78, 5) is 13.9. The molecular weight excluding hydrogens is 284 g/mol. The Balaban J connectivity index is 2.15. The number of esters is 1. The highest BCUT2D eigenvalue weighted by Crippen LogP contribution is 2.23. The van der Waals surface area contributed by atoms with E-state index < -0.39 is 0 Å². The lowest BCUT2D eigenvalue weighted by molar-refractivity contribution is -0.140. The summed E-state index contributed by atoms with van der Waals surface area (Å²) in [6.45, 7) is 3.44. The van der Waals surface area contributed by atoms with Gasteiger partial charge in [0, 0.05) is 25.6 Å². The fourth-order valence-electron chi connectivity index (χ4n) is 2.56. The van der Waals surface area contributed by atoms with E-state index in [0.717, 1.165) is 18.7 Å². The minimum atomic E-state index is -0.322. The summed E-state index contributed by atoms with van der Waals surface area (Å²) in [5, 5.41) is 12.9. The van der Waals surface area contributed by atoms with Gasteiger partial charge in [0.15, 0.2) is 0 Å². The van der Waals surface area contributed by atoms with E-state index in [1.165, 1.54) is 7.11 Å². The van der Waals surface area contributed by atoms with E-state index in [1.54, 1.807) is 0 Å². The Bertz CT molecular complexity index is 498. The van der Waals surface area contributed by atoms with Gasteiger partial charge in [-0.25, -0.2) is 0 Å². The molecule has 6 heteroatoms. The Hall–Kier alpha value is -1.92. The highest BCUT2D eigenvalue weighted by atomic mass is 16.5. The zero-order chi connectivity index (χ0) is 15.8. The van der Waals surface area contributed by atoms with Crippen molar-refractivity contribution < 1.29 is 19.5 Å². The molecular formula is C16H22N2O4. The number of oxime groups is 1. The van der Waals surface area contributed by atoms with Crippen molar-refractivity contribution in [3.63, 3.8) is 0 Å². The Labute approximate surface area is 130 Å². The molecule has 1 aliphatic heterocycles. The summed E-state index contributed by atoms with van der Waals surface area (Å²) in [5.41, 5.74) is 1.51. The van der Waals surface area contributed by atoms with Crippen LogP contribution in [-0.4, -0.2) is 61.7 Å². The first-order valence-electron chi connectivity index (χ1n) is 7.37. The lowest BCUT2D eigenvalue weighted by Gasteiger charge is -2.28. The molecule has 2 rings (SSSR count). The Morgan fingerprint density at radius 1 is 1.36 bits per heavy atom. The van der Waals surface area contributed by atoms with Crippen molar-refractivity contribution in [1.29, 1.82) is 0 Å². The average Bonchev–Trinajstić information content (AvgIpc) is 2.59. The molecule has 22 heavy (non-hydrogen) atoms. The van der Waals surface area contributed by atoms with Gasteiger partial charge in [-0.05, 0) is 5.56 Å². The summed E-state index contributed by atoms with van der Waals surface area (Å²) in [6.07, 6.45) is 0.157. The van der Waals surface area contributed by atoms with Crippen LogP contribution in [0.3, 0.4) is 0 Å². The second kappa shape index (κ2) is 8.51. The molecule has 1 aliphatic rings. The van der Waals surface area contributed by atoms with Gasteiger partial charge in [0.25, 0.3) is 0 Å². The van der Waals surface area contributed by atoms with Crippen LogP contribution in [0.15, 0.2) is 35.5 Å². The molecule has 120 valence electrons. The number of hydrogen-bond acceptors (Lipinski definition) is 6. The topological polar surface area (TPSA) is 71.4 Å². The van der Waals surface area contributed by atoms with Crippen LogP contribution in [0.25, 0.3) is 0 Å². The van der Waals surface area contributed by atoms with Crippen molar-refractivity contribution in [1.82, 2.24) is 4.90 Å². The third-order valence-electron chi connectivity index (χ3n) is 3.82. The van der Waals surface area contributed by atoms with Crippen LogP contribution in [0.1, 0.15) is 17.9 Å². The average molecular weight is 306 g/mol. The molecule has 1 aromatic carbocycles. The molecule has 0 spiro atoms. The molecule has 0 radical (unpaired) electrons. The van der Waals surface area contributed by atoms with Crippen molar-refractivity contribution in [3.05, 3.63) is 35.9 Å². The first kappa shape index (κ1) is 16.5. The Kier molecular flexibility index (Phi) is 6.36. The van der Waals surface area contributed by atoms with Crippen molar-refractivity contribution in [2.75, 3.05) is 40.0 Å². The van der Waals surface area contributed by atoms with Crippen LogP contribution < -0.4 is 0 Å². The SMILES string of the molecule is COC(=O)CC(/C(CN1CCOCC1)=N/O)c1ccccc1. The maximum Gasteiger partial charge on any atom is 0.306 e. The van der Waals surface area contributed by atoms with Crippen LogP contribution >= 0.6 is 0 Å². The maximum atomic E-state index is 11.7. The second-order valence-electron chi connectivity index (χ2n) is 5.22. The van der Waals surface area contributed by atoms with Crippen LogP contribution in [0, 0.1) is 0 Å². The molecule has 0 amide bonds. The minimum Gasteiger partial charge on any atom is -0.469 e. The lowest BCUT2D eigenvalue weighted by Crippen LogP contribution is -2.41. The highest BCUT2D eigenvalue weighted by Gasteiger charge is 2.25. The zero-order valence-electron chi connectivity index (χ0n) is 12.8. The van der Waals surface area contributed by atoms with Gasteiger partial charge >= 0.3 is 5.97 Å². The molecule has 6 nitrogen and oxygen atoms in total. The summed E-state index contributed by atoms with van der Waals surface area (Å²) < 4.78 is 10.1.